The van der Waals surface area contributed by atoms with Crippen molar-refractivity contribution in [1.82, 2.24) is 0 Å². The molecule has 3 nitrogen and oxygen atoms in total. The van der Waals surface area contributed by atoms with Gasteiger partial charge in [-0.2, -0.15) is 8.78 Å². The van der Waals surface area contributed by atoms with Gasteiger partial charge < -0.3 is 14.6 Å². The molecule has 0 bridgehead atoms. The van der Waals surface area contributed by atoms with Gasteiger partial charge in [-0.15, -0.1) is 0 Å². The van der Waals surface area contributed by atoms with Crippen molar-refractivity contribution in [2.45, 2.75) is 26.2 Å². The van der Waals surface area contributed by atoms with E-state index in [0.717, 1.165) is 24.0 Å². The molecule has 0 atom stereocenters. The molecule has 0 unspecified atom stereocenters. The quantitative estimate of drug-likeness (QED) is 0.460. The standard InChI is InChI=1S/C21H23F3O3/c1-2-3-15-4-7-18(19(22)12-15)17-6-5-16(8-9-25)20(13-17)27-11-10-26-14-21(23)24/h4-7,12-14,25H,2-3,8-11H2,1H3. The highest BCUT2D eigenvalue weighted by molar-refractivity contribution is 5.67. The molecule has 6 heteroatoms. The van der Waals surface area contributed by atoms with E-state index in [0.29, 0.717) is 29.6 Å². The molecule has 0 amide bonds. The molecule has 0 radical (unpaired) electrons. The highest BCUT2D eigenvalue weighted by Crippen LogP contribution is 2.30. The van der Waals surface area contributed by atoms with Crippen LogP contribution in [0.25, 0.3) is 11.1 Å². The minimum absolute atomic E-state index is 0.0452. The Morgan fingerprint density at radius 1 is 1.07 bits per heavy atom. The molecule has 0 aliphatic rings. The van der Waals surface area contributed by atoms with Crippen molar-refractivity contribution in [3.8, 4) is 16.9 Å². The third-order valence-corrected chi connectivity index (χ3v) is 3.96. The first-order chi connectivity index (χ1) is 13.0. The molecule has 2 aromatic carbocycles. The van der Waals surface area contributed by atoms with Gasteiger partial charge in [-0.05, 0) is 41.7 Å². The predicted molar refractivity (Wildman–Crippen MR) is 98.4 cm³/mol. The maximum Gasteiger partial charge on any atom is 0.304 e. The molecule has 0 aliphatic carbocycles. The minimum Gasteiger partial charge on any atom is -0.492 e. The van der Waals surface area contributed by atoms with Gasteiger partial charge in [0.1, 0.15) is 31.0 Å². The topological polar surface area (TPSA) is 38.7 Å². The lowest BCUT2D eigenvalue weighted by atomic mass is 9.99. The van der Waals surface area contributed by atoms with E-state index in [1.54, 1.807) is 24.3 Å². The summed E-state index contributed by atoms with van der Waals surface area (Å²) in [6.45, 7) is 1.96. The van der Waals surface area contributed by atoms with Gasteiger partial charge in [-0.1, -0.05) is 37.6 Å². The molecule has 0 spiro atoms. The summed E-state index contributed by atoms with van der Waals surface area (Å²) in [7, 11) is 0. The number of hydrogen-bond donors (Lipinski definition) is 1. The second kappa shape index (κ2) is 10.6. The Morgan fingerprint density at radius 2 is 1.89 bits per heavy atom. The van der Waals surface area contributed by atoms with Crippen molar-refractivity contribution < 1.29 is 27.8 Å². The summed E-state index contributed by atoms with van der Waals surface area (Å²) in [5.41, 5.74) is 2.78. The van der Waals surface area contributed by atoms with Crippen LogP contribution in [0.1, 0.15) is 24.5 Å². The maximum absolute atomic E-state index is 14.5. The van der Waals surface area contributed by atoms with Gasteiger partial charge in [0.25, 0.3) is 0 Å². The number of aliphatic hydroxyl groups is 1. The molecule has 2 rings (SSSR count). The second-order valence-corrected chi connectivity index (χ2v) is 5.99. The van der Waals surface area contributed by atoms with Crippen LogP contribution in [0, 0.1) is 5.82 Å². The van der Waals surface area contributed by atoms with Crippen molar-refractivity contribution in [1.29, 1.82) is 0 Å². The molecule has 0 fully saturated rings. The van der Waals surface area contributed by atoms with Gasteiger partial charge in [-0.3, -0.25) is 0 Å². The Labute approximate surface area is 157 Å². The summed E-state index contributed by atoms with van der Waals surface area (Å²) in [4.78, 5) is 0. The molecule has 0 saturated heterocycles. The second-order valence-electron chi connectivity index (χ2n) is 5.99. The van der Waals surface area contributed by atoms with Crippen LogP contribution in [0.2, 0.25) is 0 Å². The summed E-state index contributed by atoms with van der Waals surface area (Å²) in [6.07, 6.45) is 0.570. The Kier molecular flexibility index (Phi) is 8.20. The number of ether oxygens (including phenoxy) is 2. The number of hydrogen-bond acceptors (Lipinski definition) is 3. The summed E-state index contributed by atoms with van der Waals surface area (Å²) < 4.78 is 48.6. The molecule has 1 N–H and O–H groups in total. The zero-order valence-electron chi connectivity index (χ0n) is 15.2. The van der Waals surface area contributed by atoms with Crippen LogP contribution in [-0.2, 0) is 17.6 Å². The van der Waals surface area contributed by atoms with Crippen LogP contribution in [0.3, 0.4) is 0 Å². The summed E-state index contributed by atoms with van der Waals surface area (Å²) in [5.74, 6) is 0.153. The van der Waals surface area contributed by atoms with Crippen molar-refractivity contribution in [2.75, 3.05) is 19.8 Å². The van der Waals surface area contributed by atoms with E-state index in [1.807, 2.05) is 13.0 Å². The number of halogens is 3. The molecule has 0 aliphatic heterocycles. The molecule has 0 aromatic heterocycles. The zero-order valence-corrected chi connectivity index (χ0v) is 15.2. The van der Waals surface area contributed by atoms with Gasteiger partial charge in [0.15, 0.2) is 0 Å². The first kappa shape index (κ1) is 20.8. The fourth-order valence-corrected chi connectivity index (χ4v) is 2.74. The van der Waals surface area contributed by atoms with E-state index < -0.39 is 6.08 Å². The molecular formula is C21H23F3O3. The first-order valence-corrected chi connectivity index (χ1v) is 8.83. The highest BCUT2D eigenvalue weighted by atomic mass is 19.3. The van der Waals surface area contributed by atoms with E-state index in [9.17, 15) is 18.3 Å². The molecule has 2 aromatic rings. The number of aryl methyl sites for hydroxylation is 1. The zero-order chi connectivity index (χ0) is 19.6. The van der Waals surface area contributed by atoms with E-state index in [1.165, 1.54) is 6.07 Å². The van der Waals surface area contributed by atoms with Crippen molar-refractivity contribution in [2.24, 2.45) is 0 Å². The third kappa shape index (κ3) is 6.32. The van der Waals surface area contributed by atoms with Crippen LogP contribution in [0.4, 0.5) is 13.2 Å². The Balaban J connectivity index is 2.19. The van der Waals surface area contributed by atoms with E-state index in [4.69, 9.17) is 4.74 Å². The number of rotatable bonds is 10. The van der Waals surface area contributed by atoms with Crippen LogP contribution in [0.15, 0.2) is 48.7 Å². The lowest BCUT2D eigenvalue weighted by molar-refractivity contribution is 0.166. The highest BCUT2D eigenvalue weighted by Gasteiger charge is 2.11. The minimum atomic E-state index is -1.92. The Morgan fingerprint density at radius 3 is 2.56 bits per heavy atom. The molecular weight excluding hydrogens is 357 g/mol. The summed E-state index contributed by atoms with van der Waals surface area (Å²) >= 11 is 0. The largest absolute Gasteiger partial charge is 0.492 e. The summed E-state index contributed by atoms with van der Waals surface area (Å²) in [6, 6.07) is 10.4. The maximum atomic E-state index is 14.5. The molecule has 146 valence electrons. The molecule has 27 heavy (non-hydrogen) atoms. The lowest BCUT2D eigenvalue weighted by Crippen LogP contribution is -2.07. The lowest BCUT2D eigenvalue weighted by Gasteiger charge is -2.14. The van der Waals surface area contributed by atoms with Crippen LogP contribution >= 0.6 is 0 Å². The molecule has 0 saturated carbocycles. The van der Waals surface area contributed by atoms with Crippen LogP contribution in [-0.4, -0.2) is 24.9 Å². The van der Waals surface area contributed by atoms with Crippen molar-refractivity contribution in [3.63, 3.8) is 0 Å². The van der Waals surface area contributed by atoms with Crippen molar-refractivity contribution >= 4 is 0 Å². The monoisotopic (exact) mass is 380 g/mol. The average Bonchev–Trinajstić information content (AvgIpc) is 2.63. The molecule has 0 heterocycles. The van der Waals surface area contributed by atoms with E-state index >= 15 is 0 Å². The van der Waals surface area contributed by atoms with Crippen LogP contribution < -0.4 is 4.74 Å². The summed E-state index contributed by atoms with van der Waals surface area (Å²) in [5, 5.41) is 9.20. The van der Waals surface area contributed by atoms with Gasteiger partial charge >= 0.3 is 6.08 Å². The Hall–Kier alpha value is -2.47. The smallest absolute Gasteiger partial charge is 0.304 e. The fourth-order valence-electron chi connectivity index (χ4n) is 2.74. The van der Waals surface area contributed by atoms with E-state index in [-0.39, 0.29) is 25.6 Å². The van der Waals surface area contributed by atoms with Crippen molar-refractivity contribution in [3.05, 3.63) is 65.7 Å². The van der Waals surface area contributed by atoms with Gasteiger partial charge in [0.2, 0.25) is 0 Å². The number of aliphatic hydroxyl groups excluding tert-OH is 1. The average molecular weight is 380 g/mol. The van der Waals surface area contributed by atoms with Gasteiger partial charge in [0.05, 0.1) is 0 Å². The third-order valence-electron chi connectivity index (χ3n) is 3.96. The van der Waals surface area contributed by atoms with Gasteiger partial charge in [-0.25, -0.2) is 4.39 Å². The SMILES string of the molecule is CCCc1ccc(-c2ccc(CCO)c(OCCOC=C(F)F)c2)c(F)c1. The number of benzene rings is 2. The fraction of sp³-hybridized carbons (Fsp3) is 0.333. The predicted octanol–water partition coefficient (Wildman–Crippen LogP) is 5.11. The van der Waals surface area contributed by atoms with Gasteiger partial charge in [0, 0.05) is 12.2 Å². The normalized spacial score (nSPS) is 10.6. The first-order valence-electron chi connectivity index (χ1n) is 8.83. The Bertz CT molecular complexity index is 771. The van der Waals surface area contributed by atoms with Crippen LogP contribution in [0.5, 0.6) is 5.75 Å². The van der Waals surface area contributed by atoms with E-state index in [2.05, 4.69) is 4.74 Å².